The van der Waals surface area contributed by atoms with E-state index in [0.717, 1.165) is 5.56 Å². The minimum Gasteiger partial charge on any atom is -0.458 e. The highest BCUT2D eigenvalue weighted by Crippen LogP contribution is 2.23. The van der Waals surface area contributed by atoms with Crippen molar-refractivity contribution >= 4 is 5.97 Å². The molecular formula is C13H15NO3. The van der Waals surface area contributed by atoms with Crippen LogP contribution in [0.3, 0.4) is 0 Å². The maximum atomic E-state index is 11.7. The van der Waals surface area contributed by atoms with Gasteiger partial charge >= 0.3 is 5.97 Å². The third-order valence-corrected chi connectivity index (χ3v) is 2.73. The summed E-state index contributed by atoms with van der Waals surface area (Å²) < 4.78 is 5.07. The summed E-state index contributed by atoms with van der Waals surface area (Å²) in [6.45, 7) is 0.158. The number of ether oxygens (including phenoxy) is 1. The van der Waals surface area contributed by atoms with E-state index in [1.54, 1.807) is 6.08 Å². The summed E-state index contributed by atoms with van der Waals surface area (Å²) in [6, 6.07) is 9.04. The molecule has 17 heavy (non-hydrogen) atoms. The van der Waals surface area contributed by atoms with Crippen LogP contribution < -0.4 is 5.73 Å². The number of esters is 1. The van der Waals surface area contributed by atoms with Gasteiger partial charge in [0.2, 0.25) is 0 Å². The van der Waals surface area contributed by atoms with Gasteiger partial charge in [-0.25, -0.2) is 4.79 Å². The fourth-order valence-electron chi connectivity index (χ4n) is 1.78. The first-order chi connectivity index (χ1) is 8.10. The summed E-state index contributed by atoms with van der Waals surface area (Å²) in [4.78, 5) is 11.7. The van der Waals surface area contributed by atoms with Crippen molar-refractivity contribution in [2.24, 2.45) is 5.73 Å². The minimum atomic E-state index is -1.56. The zero-order valence-corrected chi connectivity index (χ0v) is 9.37. The van der Waals surface area contributed by atoms with Crippen molar-refractivity contribution in [1.82, 2.24) is 0 Å². The Morgan fingerprint density at radius 3 is 2.76 bits per heavy atom. The van der Waals surface area contributed by atoms with E-state index >= 15 is 0 Å². The number of hydrogen-bond acceptors (Lipinski definition) is 4. The van der Waals surface area contributed by atoms with Crippen molar-refractivity contribution in [3.8, 4) is 0 Å². The molecule has 0 heterocycles. The largest absolute Gasteiger partial charge is 0.458 e. The van der Waals surface area contributed by atoms with E-state index in [1.807, 2.05) is 30.3 Å². The van der Waals surface area contributed by atoms with Gasteiger partial charge in [-0.3, -0.25) is 0 Å². The number of hydrogen-bond donors (Lipinski definition) is 2. The molecule has 90 valence electrons. The molecule has 0 amide bonds. The molecule has 1 aromatic carbocycles. The predicted octanol–water partition coefficient (Wildman–Crippen LogP) is 0.748. The summed E-state index contributed by atoms with van der Waals surface area (Å²) in [5.41, 5.74) is 4.92. The van der Waals surface area contributed by atoms with Crippen LogP contribution in [-0.2, 0) is 16.1 Å². The van der Waals surface area contributed by atoms with Crippen molar-refractivity contribution in [2.75, 3.05) is 0 Å². The Balaban J connectivity index is 1.92. The predicted molar refractivity (Wildman–Crippen MR) is 62.9 cm³/mol. The zero-order chi connectivity index (χ0) is 12.3. The van der Waals surface area contributed by atoms with E-state index in [1.165, 1.54) is 6.08 Å². The Morgan fingerprint density at radius 1 is 1.47 bits per heavy atom. The highest BCUT2D eigenvalue weighted by Gasteiger charge is 2.39. The number of rotatable bonds is 3. The molecule has 0 bridgehead atoms. The van der Waals surface area contributed by atoms with Crippen molar-refractivity contribution in [3.05, 3.63) is 48.0 Å². The van der Waals surface area contributed by atoms with Crippen LogP contribution in [0.1, 0.15) is 12.0 Å². The van der Waals surface area contributed by atoms with Gasteiger partial charge in [0, 0.05) is 12.5 Å². The van der Waals surface area contributed by atoms with Gasteiger partial charge in [0.25, 0.3) is 0 Å². The topological polar surface area (TPSA) is 72.5 Å². The van der Waals surface area contributed by atoms with Crippen LogP contribution >= 0.6 is 0 Å². The molecular weight excluding hydrogens is 218 g/mol. The van der Waals surface area contributed by atoms with Crippen molar-refractivity contribution < 1.29 is 14.6 Å². The van der Waals surface area contributed by atoms with Crippen LogP contribution in [0.25, 0.3) is 0 Å². The van der Waals surface area contributed by atoms with Gasteiger partial charge in [0.15, 0.2) is 5.60 Å². The second-order valence-electron chi connectivity index (χ2n) is 4.21. The second kappa shape index (κ2) is 4.69. The molecule has 3 N–H and O–H groups in total. The molecule has 0 saturated carbocycles. The van der Waals surface area contributed by atoms with E-state index in [-0.39, 0.29) is 19.1 Å². The second-order valence-corrected chi connectivity index (χ2v) is 4.21. The number of nitrogens with two attached hydrogens (primary N) is 1. The van der Waals surface area contributed by atoms with Crippen LogP contribution in [0.4, 0.5) is 0 Å². The van der Waals surface area contributed by atoms with Crippen molar-refractivity contribution in [1.29, 1.82) is 0 Å². The SMILES string of the molecule is N[C@@H]1C=C[C@](O)(C(=O)OCc2ccccc2)C1. The van der Waals surface area contributed by atoms with Crippen molar-refractivity contribution in [3.63, 3.8) is 0 Å². The van der Waals surface area contributed by atoms with E-state index in [2.05, 4.69) is 0 Å². The summed E-state index contributed by atoms with van der Waals surface area (Å²) in [7, 11) is 0. The van der Waals surface area contributed by atoms with Gasteiger partial charge in [-0.05, 0) is 11.6 Å². The van der Waals surface area contributed by atoms with E-state index in [9.17, 15) is 9.90 Å². The first kappa shape index (κ1) is 11.8. The highest BCUT2D eigenvalue weighted by molar-refractivity contribution is 5.82. The molecule has 2 rings (SSSR count). The lowest BCUT2D eigenvalue weighted by Crippen LogP contribution is -2.38. The van der Waals surface area contributed by atoms with Gasteiger partial charge in [-0.1, -0.05) is 36.4 Å². The average Bonchev–Trinajstić information content (AvgIpc) is 2.69. The highest BCUT2D eigenvalue weighted by atomic mass is 16.5. The van der Waals surface area contributed by atoms with E-state index < -0.39 is 11.6 Å². The summed E-state index contributed by atoms with van der Waals surface area (Å²) >= 11 is 0. The monoisotopic (exact) mass is 233 g/mol. The maximum absolute atomic E-state index is 11.7. The Hall–Kier alpha value is -1.65. The van der Waals surface area contributed by atoms with Crippen LogP contribution in [0, 0.1) is 0 Å². The Kier molecular flexibility index (Phi) is 3.26. The smallest absolute Gasteiger partial charge is 0.342 e. The molecule has 0 spiro atoms. The van der Waals surface area contributed by atoms with Crippen LogP contribution in [0.15, 0.2) is 42.5 Å². The Labute approximate surface area is 99.7 Å². The van der Waals surface area contributed by atoms with Gasteiger partial charge in [-0.15, -0.1) is 0 Å². The third kappa shape index (κ3) is 2.72. The molecule has 1 aromatic rings. The molecule has 0 fully saturated rings. The molecule has 0 unspecified atom stereocenters. The molecule has 0 saturated heterocycles. The minimum absolute atomic E-state index is 0.158. The first-order valence-electron chi connectivity index (χ1n) is 5.49. The number of carbonyl (C=O) groups excluding carboxylic acids is 1. The van der Waals surface area contributed by atoms with Gasteiger partial charge in [-0.2, -0.15) is 0 Å². The molecule has 2 atom stereocenters. The quantitative estimate of drug-likeness (QED) is 0.597. The molecule has 1 aliphatic rings. The fraction of sp³-hybridized carbons (Fsp3) is 0.308. The van der Waals surface area contributed by atoms with Crippen LogP contribution in [-0.4, -0.2) is 22.7 Å². The van der Waals surface area contributed by atoms with Crippen molar-refractivity contribution in [2.45, 2.75) is 24.7 Å². The summed E-state index contributed by atoms with van der Waals surface area (Å²) in [5, 5.41) is 9.97. The van der Waals surface area contributed by atoms with E-state index in [0.29, 0.717) is 0 Å². The lowest BCUT2D eigenvalue weighted by molar-refractivity contribution is -0.162. The number of carbonyl (C=O) groups is 1. The summed E-state index contributed by atoms with van der Waals surface area (Å²) in [5.74, 6) is -0.648. The first-order valence-corrected chi connectivity index (χ1v) is 5.49. The normalized spacial score (nSPS) is 27.1. The lowest BCUT2D eigenvalue weighted by Gasteiger charge is -2.19. The van der Waals surface area contributed by atoms with Crippen LogP contribution in [0.5, 0.6) is 0 Å². The molecule has 4 heteroatoms. The van der Waals surface area contributed by atoms with Gasteiger partial charge < -0.3 is 15.6 Å². The van der Waals surface area contributed by atoms with Gasteiger partial charge in [0.05, 0.1) is 0 Å². The summed E-state index contributed by atoms with van der Waals surface area (Å²) in [6.07, 6.45) is 3.20. The van der Waals surface area contributed by atoms with Gasteiger partial charge in [0.1, 0.15) is 6.61 Å². The molecule has 0 radical (unpaired) electrons. The Bertz CT molecular complexity index is 430. The maximum Gasteiger partial charge on any atom is 0.342 e. The van der Waals surface area contributed by atoms with E-state index in [4.69, 9.17) is 10.5 Å². The fourth-order valence-corrected chi connectivity index (χ4v) is 1.78. The number of benzene rings is 1. The third-order valence-electron chi connectivity index (χ3n) is 2.73. The standard InChI is InChI=1S/C13H15NO3/c14-11-6-7-13(16,8-11)12(15)17-9-10-4-2-1-3-5-10/h1-7,11,16H,8-9,14H2/t11-,13-/m1/s1. The number of aliphatic hydroxyl groups is 1. The molecule has 4 nitrogen and oxygen atoms in total. The molecule has 0 aromatic heterocycles. The van der Waals surface area contributed by atoms with Crippen LogP contribution in [0.2, 0.25) is 0 Å². The molecule has 1 aliphatic carbocycles. The Morgan fingerprint density at radius 2 is 2.18 bits per heavy atom. The lowest BCUT2D eigenvalue weighted by atomic mass is 10.0. The average molecular weight is 233 g/mol. The zero-order valence-electron chi connectivity index (χ0n) is 9.37. The molecule has 0 aliphatic heterocycles.